The topological polar surface area (TPSA) is 48.1 Å². The average Bonchev–Trinajstić information content (AvgIpc) is 2.63. The Morgan fingerprint density at radius 2 is 2.47 bits per heavy atom. The van der Waals surface area contributed by atoms with Gasteiger partial charge in [-0.25, -0.2) is 4.98 Å². The zero-order chi connectivity index (χ0) is 10.7. The number of hydrogen-bond donors (Lipinski definition) is 1. The Morgan fingerprint density at radius 3 is 3.20 bits per heavy atom. The quantitative estimate of drug-likeness (QED) is 0.799. The van der Waals surface area contributed by atoms with Crippen molar-refractivity contribution in [2.24, 2.45) is 5.73 Å². The average molecular weight is 226 g/mol. The van der Waals surface area contributed by atoms with Crippen LogP contribution in [0.25, 0.3) is 0 Å². The molecule has 15 heavy (non-hydrogen) atoms. The number of ether oxygens (including phenoxy) is 1. The van der Waals surface area contributed by atoms with E-state index in [9.17, 15) is 0 Å². The summed E-state index contributed by atoms with van der Waals surface area (Å²) in [4.78, 5) is 6.06. The second kappa shape index (κ2) is 5.05. The summed E-state index contributed by atoms with van der Waals surface area (Å²) in [5, 5.41) is 1.23. The molecule has 0 bridgehead atoms. The van der Waals surface area contributed by atoms with Crippen molar-refractivity contribution in [2.45, 2.75) is 38.1 Å². The Labute approximate surface area is 94.7 Å². The fourth-order valence-electron chi connectivity index (χ4n) is 1.98. The molecule has 3 nitrogen and oxygen atoms in total. The summed E-state index contributed by atoms with van der Waals surface area (Å²) < 4.78 is 5.04. The minimum Gasteiger partial charge on any atom is -0.385 e. The van der Waals surface area contributed by atoms with Crippen LogP contribution in [0.5, 0.6) is 0 Å². The summed E-state index contributed by atoms with van der Waals surface area (Å²) >= 11 is 1.84. The van der Waals surface area contributed by atoms with Crippen molar-refractivity contribution >= 4 is 11.3 Å². The number of nitrogens with two attached hydrogens (primary N) is 1. The number of aromatic nitrogens is 1. The minimum absolute atomic E-state index is 0.182. The third-order valence-electron chi connectivity index (χ3n) is 2.78. The van der Waals surface area contributed by atoms with Gasteiger partial charge >= 0.3 is 0 Å². The van der Waals surface area contributed by atoms with Gasteiger partial charge in [0.25, 0.3) is 0 Å². The highest BCUT2D eigenvalue weighted by Crippen LogP contribution is 2.32. The molecule has 1 aliphatic rings. The zero-order valence-electron chi connectivity index (χ0n) is 9.16. The number of nitrogens with zero attached hydrogens (tertiary/aromatic N) is 1. The van der Waals surface area contributed by atoms with Crippen molar-refractivity contribution < 1.29 is 4.74 Å². The van der Waals surface area contributed by atoms with Crippen LogP contribution in [0.2, 0.25) is 0 Å². The van der Waals surface area contributed by atoms with Crippen LogP contribution in [0, 0.1) is 0 Å². The molecule has 2 N–H and O–H groups in total. The van der Waals surface area contributed by atoms with Gasteiger partial charge in [0, 0.05) is 31.1 Å². The molecule has 84 valence electrons. The number of hydrogen-bond acceptors (Lipinski definition) is 4. The molecule has 0 fully saturated rings. The summed E-state index contributed by atoms with van der Waals surface area (Å²) in [5.74, 6) is 0. The molecule has 1 heterocycles. The first-order valence-electron chi connectivity index (χ1n) is 5.54. The second-order valence-electron chi connectivity index (χ2n) is 4.01. The van der Waals surface area contributed by atoms with Gasteiger partial charge < -0.3 is 10.5 Å². The molecule has 0 saturated carbocycles. The zero-order valence-corrected chi connectivity index (χ0v) is 9.98. The Bertz CT molecular complexity index is 324. The SMILES string of the molecule is COCCCc1nc2c(s1)CCCC2N. The van der Waals surface area contributed by atoms with Crippen LogP contribution in [-0.2, 0) is 17.6 Å². The first kappa shape index (κ1) is 11.0. The molecule has 1 aromatic rings. The molecule has 1 unspecified atom stereocenters. The van der Waals surface area contributed by atoms with E-state index in [1.807, 2.05) is 11.3 Å². The predicted molar refractivity (Wildman–Crippen MR) is 62.2 cm³/mol. The molecule has 1 atom stereocenters. The molecule has 0 aromatic carbocycles. The molecule has 0 saturated heterocycles. The molecule has 2 rings (SSSR count). The largest absolute Gasteiger partial charge is 0.385 e. The van der Waals surface area contributed by atoms with Crippen molar-refractivity contribution in [3.63, 3.8) is 0 Å². The lowest BCUT2D eigenvalue weighted by molar-refractivity contribution is 0.195. The molecule has 0 radical (unpaired) electrons. The van der Waals surface area contributed by atoms with E-state index in [0.29, 0.717) is 0 Å². The third kappa shape index (κ3) is 2.56. The summed E-state index contributed by atoms with van der Waals surface area (Å²) in [7, 11) is 1.74. The van der Waals surface area contributed by atoms with Gasteiger partial charge in [0.1, 0.15) is 0 Å². The second-order valence-corrected chi connectivity index (χ2v) is 5.18. The lowest BCUT2D eigenvalue weighted by atomic mass is 9.99. The molecule has 1 aromatic heterocycles. The number of methoxy groups -OCH3 is 1. The van der Waals surface area contributed by atoms with Crippen LogP contribution < -0.4 is 5.73 Å². The highest BCUT2D eigenvalue weighted by Gasteiger charge is 2.21. The fraction of sp³-hybridized carbons (Fsp3) is 0.727. The van der Waals surface area contributed by atoms with Crippen LogP contribution in [0.1, 0.15) is 40.9 Å². The van der Waals surface area contributed by atoms with Crippen LogP contribution in [-0.4, -0.2) is 18.7 Å². The Balaban J connectivity index is 2.01. The van der Waals surface area contributed by atoms with Gasteiger partial charge in [-0.15, -0.1) is 11.3 Å². The van der Waals surface area contributed by atoms with E-state index < -0.39 is 0 Å². The van der Waals surface area contributed by atoms with Crippen LogP contribution in [0.4, 0.5) is 0 Å². The Morgan fingerprint density at radius 1 is 1.60 bits per heavy atom. The van der Waals surface area contributed by atoms with E-state index in [2.05, 4.69) is 4.98 Å². The summed E-state index contributed by atoms with van der Waals surface area (Å²) in [6, 6.07) is 0.182. The van der Waals surface area contributed by atoms with Gasteiger partial charge in [-0.05, 0) is 25.7 Å². The number of fused-ring (bicyclic) bond motifs is 1. The third-order valence-corrected chi connectivity index (χ3v) is 3.97. The number of aryl methyl sites for hydroxylation is 2. The maximum Gasteiger partial charge on any atom is 0.0932 e. The van der Waals surface area contributed by atoms with Gasteiger partial charge in [-0.2, -0.15) is 0 Å². The summed E-state index contributed by atoms with van der Waals surface area (Å²) in [6.07, 6.45) is 5.56. The molecular formula is C11H18N2OS. The van der Waals surface area contributed by atoms with Crippen LogP contribution >= 0.6 is 11.3 Å². The monoisotopic (exact) mass is 226 g/mol. The standard InChI is InChI=1S/C11H18N2OS/c1-14-7-3-6-10-13-11-8(12)4-2-5-9(11)15-10/h8H,2-7,12H2,1H3. The number of thiazole rings is 1. The summed E-state index contributed by atoms with van der Waals surface area (Å²) in [6.45, 7) is 0.816. The van der Waals surface area contributed by atoms with E-state index in [1.165, 1.54) is 28.4 Å². The van der Waals surface area contributed by atoms with E-state index in [1.54, 1.807) is 7.11 Å². The smallest absolute Gasteiger partial charge is 0.0932 e. The lowest BCUT2D eigenvalue weighted by Gasteiger charge is -2.15. The van der Waals surface area contributed by atoms with Gasteiger partial charge in [0.15, 0.2) is 0 Å². The van der Waals surface area contributed by atoms with Crippen LogP contribution in [0.15, 0.2) is 0 Å². The molecule has 0 aliphatic heterocycles. The van der Waals surface area contributed by atoms with E-state index >= 15 is 0 Å². The van der Waals surface area contributed by atoms with Gasteiger partial charge in [0.2, 0.25) is 0 Å². The van der Waals surface area contributed by atoms with Crippen molar-refractivity contribution in [3.05, 3.63) is 15.6 Å². The molecule has 1 aliphatic carbocycles. The van der Waals surface area contributed by atoms with Crippen molar-refractivity contribution in [3.8, 4) is 0 Å². The van der Waals surface area contributed by atoms with E-state index in [0.717, 1.165) is 25.9 Å². The summed E-state index contributed by atoms with van der Waals surface area (Å²) in [5.41, 5.74) is 7.20. The lowest BCUT2D eigenvalue weighted by Crippen LogP contribution is -2.16. The highest BCUT2D eigenvalue weighted by molar-refractivity contribution is 7.11. The van der Waals surface area contributed by atoms with Gasteiger partial charge in [-0.1, -0.05) is 0 Å². The van der Waals surface area contributed by atoms with Gasteiger partial charge in [0.05, 0.1) is 10.7 Å². The van der Waals surface area contributed by atoms with Crippen molar-refractivity contribution in [1.29, 1.82) is 0 Å². The first-order chi connectivity index (χ1) is 7.31. The van der Waals surface area contributed by atoms with Gasteiger partial charge in [-0.3, -0.25) is 0 Å². The molecule has 0 amide bonds. The maximum atomic E-state index is 6.03. The first-order valence-corrected chi connectivity index (χ1v) is 6.36. The predicted octanol–water partition coefficient (Wildman–Crippen LogP) is 2.06. The molecular weight excluding hydrogens is 208 g/mol. The Kier molecular flexibility index (Phi) is 3.72. The van der Waals surface area contributed by atoms with E-state index in [4.69, 9.17) is 10.5 Å². The normalized spacial score (nSPS) is 20.3. The Hall–Kier alpha value is -0.450. The highest BCUT2D eigenvalue weighted by atomic mass is 32.1. The molecule has 4 heteroatoms. The fourth-order valence-corrected chi connectivity index (χ4v) is 3.20. The minimum atomic E-state index is 0.182. The maximum absolute atomic E-state index is 6.03. The van der Waals surface area contributed by atoms with E-state index in [-0.39, 0.29) is 6.04 Å². The van der Waals surface area contributed by atoms with Crippen molar-refractivity contribution in [2.75, 3.05) is 13.7 Å². The number of rotatable bonds is 4. The van der Waals surface area contributed by atoms with Crippen molar-refractivity contribution in [1.82, 2.24) is 4.98 Å². The van der Waals surface area contributed by atoms with Crippen LogP contribution in [0.3, 0.4) is 0 Å². The molecule has 0 spiro atoms.